The minimum absolute atomic E-state index is 0.147. The van der Waals surface area contributed by atoms with Crippen LogP contribution < -0.4 is 5.01 Å². The van der Waals surface area contributed by atoms with Crippen molar-refractivity contribution in [3.63, 3.8) is 0 Å². The highest BCUT2D eigenvalue weighted by Gasteiger charge is 2.18. The average molecular weight is 272 g/mol. The Morgan fingerprint density at radius 3 is 2.50 bits per heavy atom. The summed E-state index contributed by atoms with van der Waals surface area (Å²) >= 11 is 0. The fraction of sp³-hybridized carbons (Fsp3) is 0.200. The molecule has 1 amide bonds. The Morgan fingerprint density at radius 1 is 1.15 bits per heavy atom. The van der Waals surface area contributed by atoms with E-state index in [0.717, 1.165) is 0 Å². The van der Waals surface area contributed by atoms with E-state index in [-0.39, 0.29) is 12.4 Å². The van der Waals surface area contributed by atoms with Crippen molar-refractivity contribution in [2.45, 2.75) is 6.92 Å². The van der Waals surface area contributed by atoms with Gasteiger partial charge in [0.15, 0.2) is 0 Å². The highest BCUT2D eigenvalue weighted by molar-refractivity contribution is 6.08. The Balaban J connectivity index is 2.29. The number of aromatic nitrogens is 1. The van der Waals surface area contributed by atoms with Crippen molar-refractivity contribution in [3.05, 3.63) is 59.9 Å². The van der Waals surface area contributed by atoms with E-state index in [2.05, 4.69) is 0 Å². The van der Waals surface area contributed by atoms with Crippen molar-refractivity contribution in [1.82, 2.24) is 4.68 Å². The molecule has 0 atom stereocenters. The quantitative estimate of drug-likeness (QED) is 0.803. The van der Waals surface area contributed by atoms with Gasteiger partial charge in [0.2, 0.25) is 5.78 Å². The minimum atomic E-state index is -0.509. The van der Waals surface area contributed by atoms with Crippen LogP contribution in [0.5, 0.6) is 0 Å². The van der Waals surface area contributed by atoms with Gasteiger partial charge < -0.3 is 4.74 Å². The van der Waals surface area contributed by atoms with Gasteiger partial charge in [-0.05, 0) is 19.1 Å². The molecule has 2 rings (SSSR count). The van der Waals surface area contributed by atoms with Gasteiger partial charge in [-0.3, -0.25) is 9.47 Å². The summed E-state index contributed by atoms with van der Waals surface area (Å²) < 4.78 is 6.40. The molecule has 0 N–H and O–H groups in total. The Labute approximate surface area is 117 Å². The Morgan fingerprint density at radius 2 is 1.85 bits per heavy atom. The van der Waals surface area contributed by atoms with Gasteiger partial charge in [-0.1, -0.05) is 30.3 Å². The maximum atomic E-state index is 12.4. The molecular weight excluding hydrogens is 256 g/mol. The number of rotatable bonds is 4. The second-order valence-electron chi connectivity index (χ2n) is 4.16. The maximum absolute atomic E-state index is 12.4. The van der Waals surface area contributed by atoms with Crippen LogP contribution >= 0.6 is 0 Å². The van der Waals surface area contributed by atoms with Gasteiger partial charge in [-0.25, -0.2) is 9.80 Å². The summed E-state index contributed by atoms with van der Waals surface area (Å²) in [4.78, 5) is 24.1. The molecule has 0 bridgehead atoms. The van der Waals surface area contributed by atoms with E-state index >= 15 is 0 Å². The summed E-state index contributed by atoms with van der Waals surface area (Å²) in [5.41, 5.74) is 0.983. The Bertz CT molecular complexity index is 605. The monoisotopic (exact) mass is 272 g/mol. The first-order valence-electron chi connectivity index (χ1n) is 6.33. The van der Waals surface area contributed by atoms with Crippen molar-refractivity contribution in [1.29, 1.82) is 0 Å². The van der Waals surface area contributed by atoms with Gasteiger partial charge in [-0.15, -0.1) is 0 Å². The molecule has 104 valence electrons. The molecule has 2 aromatic rings. The van der Waals surface area contributed by atoms with Crippen molar-refractivity contribution >= 4 is 11.9 Å². The van der Waals surface area contributed by atoms with Gasteiger partial charge in [-0.2, -0.15) is 0 Å². The van der Waals surface area contributed by atoms with Gasteiger partial charge in [0.1, 0.15) is 5.69 Å². The lowest BCUT2D eigenvalue weighted by molar-refractivity contribution is 0.102. The molecule has 0 aliphatic carbocycles. The molecule has 0 aliphatic heterocycles. The predicted octanol–water partition coefficient (Wildman–Crippen LogP) is 2.44. The lowest BCUT2D eigenvalue weighted by Crippen LogP contribution is -2.38. The van der Waals surface area contributed by atoms with Crippen LogP contribution in [0.2, 0.25) is 0 Å². The van der Waals surface area contributed by atoms with Crippen LogP contribution in [0.3, 0.4) is 0 Å². The topological polar surface area (TPSA) is 51.5 Å². The Kier molecular flexibility index (Phi) is 4.20. The van der Waals surface area contributed by atoms with E-state index in [9.17, 15) is 9.59 Å². The number of benzene rings is 1. The number of hydrogen-bond acceptors (Lipinski definition) is 3. The smallest absolute Gasteiger partial charge is 0.428 e. The van der Waals surface area contributed by atoms with Crippen molar-refractivity contribution in [2.75, 3.05) is 18.7 Å². The van der Waals surface area contributed by atoms with Gasteiger partial charge in [0.25, 0.3) is 0 Å². The molecule has 0 unspecified atom stereocenters. The van der Waals surface area contributed by atoms with Gasteiger partial charge in [0.05, 0.1) is 6.61 Å². The molecule has 0 aliphatic rings. The number of ketones is 1. The summed E-state index contributed by atoms with van der Waals surface area (Å²) in [6.45, 7) is 2.02. The summed E-state index contributed by atoms with van der Waals surface area (Å²) in [7, 11) is 1.56. The second kappa shape index (κ2) is 6.06. The lowest BCUT2D eigenvalue weighted by Gasteiger charge is -2.20. The van der Waals surface area contributed by atoms with E-state index in [4.69, 9.17) is 4.74 Å². The van der Waals surface area contributed by atoms with Crippen LogP contribution in [0.4, 0.5) is 4.79 Å². The number of carbonyl (C=O) groups excluding carboxylic acids is 2. The summed E-state index contributed by atoms with van der Waals surface area (Å²) in [5.74, 6) is -0.147. The van der Waals surface area contributed by atoms with Crippen molar-refractivity contribution in [3.8, 4) is 0 Å². The van der Waals surface area contributed by atoms with E-state index in [1.807, 2.05) is 6.07 Å². The second-order valence-corrected chi connectivity index (χ2v) is 4.16. The molecule has 20 heavy (non-hydrogen) atoms. The van der Waals surface area contributed by atoms with Crippen LogP contribution in [-0.4, -0.2) is 30.2 Å². The molecule has 1 heterocycles. The molecular formula is C15H16N2O3. The molecule has 5 nitrogen and oxygen atoms in total. The SMILES string of the molecule is CCOC(=O)N(C)n1cccc1C(=O)c1ccccc1. The van der Waals surface area contributed by atoms with Crippen LogP contribution in [-0.2, 0) is 4.74 Å². The van der Waals surface area contributed by atoms with Crippen LogP contribution in [0.1, 0.15) is 23.0 Å². The largest absolute Gasteiger partial charge is 0.448 e. The molecule has 0 saturated carbocycles. The lowest BCUT2D eigenvalue weighted by atomic mass is 10.1. The minimum Gasteiger partial charge on any atom is -0.448 e. The Hall–Kier alpha value is -2.56. The normalized spacial score (nSPS) is 10.1. The van der Waals surface area contributed by atoms with Crippen molar-refractivity contribution < 1.29 is 14.3 Å². The highest BCUT2D eigenvalue weighted by Crippen LogP contribution is 2.11. The molecule has 0 fully saturated rings. The van der Waals surface area contributed by atoms with E-state index in [1.54, 1.807) is 56.6 Å². The zero-order valence-corrected chi connectivity index (χ0v) is 11.4. The number of hydrogen-bond donors (Lipinski definition) is 0. The fourth-order valence-electron chi connectivity index (χ4n) is 1.86. The summed E-state index contributed by atoms with van der Waals surface area (Å²) in [6.07, 6.45) is 1.14. The summed E-state index contributed by atoms with van der Waals surface area (Å²) in [5, 5.41) is 1.26. The van der Waals surface area contributed by atoms with Gasteiger partial charge in [0, 0.05) is 18.8 Å². The van der Waals surface area contributed by atoms with E-state index < -0.39 is 6.09 Å². The van der Waals surface area contributed by atoms with E-state index in [1.165, 1.54) is 9.69 Å². The molecule has 0 radical (unpaired) electrons. The standard InChI is InChI=1S/C15H16N2O3/c1-3-20-15(19)16(2)17-11-7-10-13(17)14(18)12-8-5-4-6-9-12/h4-11H,3H2,1-2H3. The third-order valence-electron chi connectivity index (χ3n) is 2.85. The number of ether oxygens (including phenoxy) is 1. The fourth-order valence-corrected chi connectivity index (χ4v) is 1.86. The number of nitrogens with zero attached hydrogens (tertiary/aromatic N) is 2. The molecule has 0 spiro atoms. The third-order valence-corrected chi connectivity index (χ3v) is 2.85. The molecule has 1 aromatic heterocycles. The first-order chi connectivity index (χ1) is 9.65. The highest BCUT2D eigenvalue weighted by atomic mass is 16.6. The maximum Gasteiger partial charge on any atom is 0.428 e. The average Bonchev–Trinajstić information content (AvgIpc) is 2.96. The summed E-state index contributed by atoms with van der Waals surface area (Å²) in [6, 6.07) is 12.3. The zero-order valence-electron chi connectivity index (χ0n) is 11.4. The molecule has 1 aromatic carbocycles. The molecule has 0 saturated heterocycles. The van der Waals surface area contributed by atoms with Crippen LogP contribution in [0.25, 0.3) is 0 Å². The van der Waals surface area contributed by atoms with Crippen LogP contribution in [0.15, 0.2) is 48.7 Å². The predicted molar refractivity (Wildman–Crippen MR) is 75.5 cm³/mol. The first kappa shape index (κ1) is 13.9. The third kappa shape index (κ3) is 2.71. The van der Waals surface area contributed by atoms with Crippen LogP contribution in [0, 0.1) is 0 Å². The first-order valence-corrected chi connectivity index (χ1v) is 6.33. The van der Waals surface area contributed by atoms with Gasteiger partial charge >= 0.3 is 6.09 Å². The molecule has 5 heteroatoms. The number of amides is 1. The zero-order chi connectivity index (χ0) is 14.5. The van der Waals surface area contributed by atoms with Crippen molar-refractivity contribution in [2.24, 2.45) is 0 Å². The van der Waals surface area contributed by atoms with E-state index in [0.29, 0.717) is 11.3 Å². The number of carbonyl (C=O) groups is 2.